The summed E-state index contributed by atoms with van der Waals surface area (Å²) in [6.07, 6.45) is 1.60. The molecule has 3 nitrogen and oxygen atoms in total. The molecule has 0 fully saturated rings. The number of nitrogens with one attached hydrogen (secondary N) is 1. The molecule has 2 aromatic carbocycles. The number of nitrogens with zero attached hydrogens (tertiary/aromatic N) is 1. The minimum absolute atomic E-state index is 0.00883. The van der Waals surface area contributed by atoms with Crippen molar-refractivity contribution in [3.05, 3.63) is 53.1 Å². The maximum atomic E-state index is 12.3. The highest BCUT2D eigenvalue weighted by molar-refractivity contribution is 5.93. The first-order valence-electron chi connectivity index (χ1n) is 9.01. The van der Waals surface area contributed by atoms with Crippen molar-refractivity contribution < 1.29 is 4.79 Å². The minimum atomic E-state index is -0.00883. The van der Waals surface area contributed by atoms with Gasteiger partial charge in [-0.1, -0.05) is 39.0 Å². The monoisotopic (exact) mass is 336 g/mol. The molecule has 1 aliphatic rings. The quantitative estimate of drug-likeness (QED) is 0.817. The van der Waals surface area contributed by atoms with Gasteiger partial charge in [0.15, 0.2) is 0 Å². The van der Waals surface area contributed by atoms with Gasteiger partial charge in [0.25, 0.3) is 0 Å². The molecule has 3 heteroatoms. The fraction of sp³-hybridized carbons (Fsp3) is 0.409. The zero-order chi connectivity index (χ0) is 18.2. The van der Waals surface area contributed by atoms with Gasteiger partial charge < -0.3 is 10.2 Å². The van der Waals surface area contributed by atoms with Gasteiger partial charge in [0.05, 0.1) is 0 Å². The molecular weight excluding hydrogens is 308 g/mol. The van der Waals surface area contributed by atoms with Crippen LogP contribution in [0.4, 0.5) is 17.1 Å². The highest BCUT2D eigenvalue weighted by atomic mass is 16.1. The molecule has 132 valence electrons. The number of fused-ring (bicyclic) bond motifs is 1. The molecular formula is C22H28N2O. The van der Waals surface area contributed by atoms with Crippen LogP contribution in [0, 0.1) is 19.3 Å². The van der Waals surface area contributed by atoms with Gasteiger partial charge in [-0.25, -0.2) is 0 Å². The topological polar surface area (TPSA) is 32.3 Å². The number of carbonyl (C=O) groups is 1. The maximum absolute atomic E-state index is 12.3. The highest BCUT2D eigenvalue weighted by Gasteiger charge is 2.22. The zero-order valence-corrected chi connectivity index (χ0v) is 15.9. The van der Waals surface area contributed by atoms with Gasteiger partial charge in [-0.2, -0.15) is 0 Å². The van der Waals surface area contributed by atoms with Gasteiger partial charge in [0, 0.05) is 30.0 Å². The van der Waals surface area contributed by atoms with Crippen molar-refractivity contribution in [3.8, 4) is 0 Å². The smallest absolute Gasteiger partial charge is 0.224 e. The van der Waals surface area contributed by atoms with E-state index < -0.39 is 0 Å². The first kappa shape index (κ1) is 17.5. The predicted octanol–water partition coefficient (Wildman–Crippen LogP) is 5.37. The Morgan fingerprint density at radius 1 is 1.12 bits per heavy atom. The Hall–Kier alpha value is -2.29. The van der Waals surface area contributed by atoms with Crippen LogP contribution in [-0.2, 0) is 11.2 Å². The molecule has 1 amide bonds. The van der Waals surface area contributed by atoms with Gasteiger partial charge in [-0.05, 0) is 60.6 Å². The molecule has 0 bridgehead atoms. The average Bonchev–Trinajstić information content (AvgIpc) is 2.93. The molecule has 0 atom stereocenters. The van der Waals surface area contributed by atoms with Crippen LogP contribution in [0.5, 0.6) is 0 Å². The van der Waals surface area contributed by atoms with Gasteiger partial charge in [-0.3, -0.25) is 4.79 Å². The molecule has 0 unspecified atom stereocenters. The number of rotatable bonds is 3. The third-order valence-corrected chi connectivity index (χ3v) is 4.67. The number of hydrogen-bond acceptors (Lipinski definition) is 2. The summed E-state index contributed by atoms with van der Waals surface area (Å²) in [5, 5.41) is 3.11. The van der Waals surface area contributed by atoms with E-state index in [1.165, 1.54) is 16.9 Å². The number of hydrogen-bond donors (Lipinski definition) is 1. The van der Waals surface area contributed by atoms with Crippen molar-refractivity contribution in [2.75, 3.05) is 16.8 Å². The summed E-state index contributed by atoms with van der Waals surface area (Å²) in [6.45, 7) is 11.4. The maximum Gasteiger partial charge on any atom is 0.224 e. The third-order valence-electron chi connectivity index (χ3n) is 4.67. The molecule has 0 aromatic heterocycles. The number of anilines is 3. The Labute approximate surface area is 151 Å². The zero-order valence-electron chi connectivity index (χ0n) is 15.9. The van der Waals surface area contributed by atoms with Crippen LogP contribution in [-0.4, -0.2) is 12.5 Å². The van der Waals surface area contributed by atoms with Crippen molar-refractivity contribution in [3.63, 3.8) is 0 Å². The first-order chi connectivity index (χ1) is 11.7. The molecule has 0 spiro atoms. The fourth-order valence-electron chi connectivity index (χ4n) is 3.57. The van der Waals surface area contributed by atoms with Crippen LogP contribution in [0.1, 0.15) is 43.9 Å². The second kappa shape index (κ2) is 6.55. The molecule has 1 heterocycles. The van der Waals surface area contributed by atoms with Crippen LogP contribution in [0.3, 0.4) is 0 Å². The molecule has 25 heavy (non-hydrogen) atoms. The average molecular weight is 336 g/mol. The molecule has 0 aliphatic carbocycles. The van der Waals surface area contributed by atoms with E-state index in [2.05, 4.69) is 81.2 Å². The van der Waals surface area contributed by atoms with E-state index in [-0.39, 0.29) is 11.3 Å². The van der Waals surface area contributed by atoms with Gasteiger partial charge in [-0.15, -0.1) is 0 Å². The highest BCUT2D eigenvalue weighted by Crippen LogP contribution is 2.37. The second-order valence-corrected chi connectivity index (χ2v) is 8.27. The van der Waals surface area contributed by atoms with Gasteiger partial charge in [0.1, 0.15) is 0 Å². The normalized spacial score (nSPS) is 13.7. The molecule has 0 saturated heterocycles. The molecule has 1 aliphatic heterocycles. The van der Waals surface area contributed by atoms with Crippen molar-refractivity contribution in [1.82, 2.24) is 0 Å². The van der Waals surface area contributed by atoms with E-state index >= 15 is 0 Å². The van der Waals surface area contributed by atoms with Crippen molar-refractivity contribution in [2.45, 2.75) is 47.5 Å². The lowest BCUT2D eigenvalue weighted by Gasteiger charge is -2.23. The van der Waals surface area contributed by atoms with Crippen LogP contribution in [0.25, 0.3) is 0 Å². The van der Waals surface area contributed by atoms with Crippen molar-refractivity contribution in [2.24, 2.45) is 5.41 Å². The van der Waals surface area contributed by atoms with E-state index in [4.69, 9.17) is 0 Å². The SMILES string of the molecule is Cc1cc(N2CCc3ccccc32)cc(C)c1NC(=O)CC(C)(C)C. The Morgan fingerprint density at radius 3 is 2.40 bits per heavy atom. The summed E-state index contributed by atoms with van der Waals surface area (Å²) in [5.41, 5.74) is 7.07. The molecule has 2 aromatic rings. The molecule has 3 rings (SSSR count). The Bertz CT molecular complexity index is 779. The fourth-order valence-corrected chi connectivity index (χ4v) is 3.57. The summed E-state index contributed by atoms with van der Waals surface area (Å²) in [7, 11) is 0. The summed E-state index contributed by atoms with van der Waals surface area (Å²) in [5.74, 6) is 0.0815. The van der Waals surface area contributed by atoms with Gasteiger partial charge in [0.2, 0.25) is 5.91 Å². The molecule has 0 radical (unpaired) electrons. The van der Waals surface area contributed by atoms with Crippen LogP contribution < -0.4 is 10.2 Å². The number of para-hydroxylation sites is 1. The van der Waals surface area contributed by atoms with E-state index in [1.54, 1.807) is 0 Å². The molecule has 1 N–H and O–H groups in total. The molecule has 0 saturated carbocycles. The van der Waals surface area contributed by atoms with E-state index in [1.807, 2.05) is 0 Å². The van der Waals surface area contributed by atoms with Crippen LogP contribution in [0.2, 0.25) is 0 Å². The summed E-state index contributed by atoms with van der Waals surface area (Å²) < 4.78 is 0. The second-order valence-electron chi connectivity index (χ2n) is 8.27. The summed E-state index contributed by atoms with van der Waals surface area (Å²) in [6, 6.07) is 13.0. The summed E-state index contributed by atoms with van der Waals surface area (Å²) in [4.78, 5) is 14.7. The lowest BCUT2D eigenvalue weighted by atomic mass is 9.92. The third kappa shape index (κ3) is 3.87. The standard InChI is InChI=1S/C22H28N2O/c1-15-12-18(24-11-10-17-8-6-7-9-19(17)24)13-16(2)21(15)23-20(25)14-22(3,4)5/h6-9,12-13H,10-11,14H2,1-5H3,(H,23,25). The predicted molar refractivity (Wildman–Crippen MR) is 106 cm³/mol. The largest absolute Gasteiger partial charge is 0.341 e. The first-order valence-corrected chi connectivity index (χ1v) is 9.01. The number of benzene rings is 2. The van der Waals surface area contributed by atoms with E-state index in [0.717, 1.165) is 29.8 Å². The Morgan fingerprint density at radius 2 is 1.76 bits per heavy atom. The number of carbonyl (C=O) groups excluding carboxylic acids is 1. The van der Waals surface area contributed by atoms with Gasteiger partial charge >= 0.3 is 0 Å². The number of amides is 1. The minimum Gasteiger partial charge on any atom is -0.341 e. The van der Waals surface area contributed by atoms with E-state index in [9.17, 15) is 4.79 Å². The Balaban J connectivity index is 1.85. The lowest BCUT2D eigenvalue weighted by molar-refractivity contribution is -0.117. The lowest BCUT2D eigenvalue weighted by Crippen LogP contribution is -2.21. The number of aryl methyl sites for hydroxylation is 2. The van der Waals surface area contributed by atoms with Crippen molar-refractivity contribution >= 4 is 23.0 Å². The van der Waals surface area contributed by atoms with Crippen molar-refractivity contribution in [1.29, 1.82) is 0 Å². The Kier molecular flexibility index (Phi) is 4.59. The summed E-state index contributed by atoms with van der Waals surface area (Å²) >= 11 is 0. The van der Waals surface area contributed by atoms with Crippen LogP contribution >= 0.6 is 0 Å². The van der Waals surface area contributed by atoms with Crippen LogP contribution in [0.15, 0.2) is 36.4 Å². The van der Waals surface area contributed by atoms with E-state index in [0.29, 0.717) is 6.42 Å².